The van der Waals surface area contributed by atoms with Crippen molar-refractivity contribution in [3.8, 4) is 23.1 Å². The molecule has 3 heterocycles. The fourth-order valence-corrected chi connectivity index (χ4v) is 5.20. The normalized spacial score (nSPS) is 15.6. The van der Waals surface area contributed by atoms with E-state index in [1.165, 1.54) is 14.0 Å². The number of amides is 1. The SMILES string of the molecule is C=C(c1cccc(C#N)c1)N1CCN(C(=O)c2cnn3c(C(F)(F)F)c(C)c(-c4ccc(OC)cc4)nc23)[C@H](C)C1. The van der Waals surface area contributed by atoms with Crippen LogP contribution < -0.4 is 4.74 Å². The van der Waals surface area contributed by atoms with E-state index in [1.54, 1.807) is 47.4 Å². The van der Waals surface area contributed by atoms with Crippen LogP contribution in [0.3, 0.4) is 0 Å². The number of hydrogen-bond donors (Lipinski definition) is 0. The molecule has 11 heteroatoms. The summed E-state index contributed by atoms with van der Waals surface area (Å²) < 4.78 is 48.8. The molecule has 4 aromatic rings. The Bertz CT molecular complexity index is 1690. The molecule has 0 bridgehead atoms. The molecule has 0 radical (unpaired) electrons. The quantitative estimate of drug-likeness (QED) is 0.324. The van der Waals surface area contributed by atoms with Gasteiger partial charge in [-0.05, 0) is 55.8 Å². The van der Waals surface area contributed by atoms with Crippen molar-refractivity contribution in [2.24, 2.45) is 0 Å². The van der Waals surface area contributed by atoms with Crippen LogP contribution in [0.25, 0.3) is 22.6 Å². The Kier molecular flexibility index (Phi) is 7.17. The molecular weight excluding hydrogens is 533 g/mol. The van der Waals surface area contributed by atoms with Crippen LogP contribution in [0.5, 0.6) is 5.75 Å². The van der Waals surface area contributed by atoms with Crippen LogP contribution in [0.15, 0.2) is 61.3 Å². The minimum absolute atomic E-state index is 0.00823. The van der Waals surface area contributed by atoms with Crippen molar-refractivity contribution < 1.29 is 22.7 Å². The number of carbonyl (C=O) groups is 1. The largest absolute Gasteiger partial charge is 0.497 e. The van der Waals surface area contributed by atoms with Crippen LogP contribution in [0.1, 0.15) is 39.7 Å². The number of carbonyl (C=O) groups excluding carboxylic acids is 1. The molecule has 210 valence electrons. The molecule has 0 spiro atoms. The van der Waals surface area contributed by atoms with Gasteiger partial charge in [-0.25, -0.2) is 9.50 Å². The van der Waals surface area contributed by atoms with Crippen molar-refractivity contribution >= 4 is 17.3 Å². The molecule has 1 fully saturated rings. The van der Waals surface area contributed by atoms with Gasteiger partial charge in [-0.15, -0.1) is 0 Å². The number of hydrogen-bond acceptors (Lipinski definition) is 6. The fraction of sp³-hybridized carbons (Fsp3) is 0.267. The van der Waals surface area contributed by atoms with Gasteiger partial charge in [-0.3, -0.25) is 4.79 Å². The van der Waals surface area contributed by atoms with Crippen molar-refractivity contribution in [2.75, 3.05) is 26.7 Å². The Morgan fingerprint density at radius 2 is 1.90 bits per heavy atom. The summed E-state index contributed by atoms with van der Waals surface area (Å²) in [4.78, 5) is 21.9. The number of methoxy groups -OCH3 is 1. The van der Waals surface area contributed by atoms with Gasteiger partial charge >= 0.3 is 6.18 Å². The van der Waals surface area contributed by atoms with E-state index in [2.05, 4.69) is 22.7 Å². The molecule has 0 saturated carbocycles. The number of piperazine rings is 1. The summed E-state index contributed by atoms with van der Waals surface area (Å²) in [6.07, 6.45) is -3.58. The zero-order valence-electron chi connectivity index (χ0n) is 22.7. The molecular formula is C30H27F3N6O2. The number of ether oxygens (including phenoxy) is 1. The molecule has 2 aromatic carbocycles. The number of nitriles is 1. The van der Waals surface area contributed by atoms with Gasteiger partial charge in [0.25, 0.3) is 5.91 Å². The molecule has 5 rings (SSSR count). The highest BCUT2D eigenvalue weighted by Crippen LogP contribution is 2.37. The van der Waals surface area contributed by atoms with E-state index in [1.807, 2.05) is 17.9 Å². The first-order valence-electron chi connectivity index (χ1n) is 12.9. The van der Waals surface area contributed by atoms with E-state index >= 15 is 0 Å². The molecule has 1 aliphatic heterocycles. The third kappa shape index (κ3) is 5.09. The second-order valence-electron chi connectivity index (χ2n) is 9.89. The Balaban J connectivity index is 1.48. The molecule has 0 aliphatic carbocycles. The second kappa shape index (κ2) is 10.6. The zero-order chi connectivity index (χ0) is 29.5. The number of rotatable bonds is 5. The van der Waals surface area contributed by atoms with Gasteiger partial charge in [0.15, 0.2) is 11.3 Å². The number of fused-ring (bicyclic) bond motifs is 1. The summed E-state index contributed by atoms with van der Waals surface area (Å²) in [5, 5.41) is 13.2. The first-order chi connectivity index (χ1) is 19.5. The number of alkyl halides is 3. The van der Waals surface area contributed by atoms with Crippen molar-refractivity contribution in [1.82, 2.24) is 24.4 Å². The predicted octanol–water partition coefficient (Wildman–Crippen LogP) is 5.42. The van der Waals surface area contributed by atoms with E-state index < -0.39 is 17.8 Å². The van der Waals surface area contributed by atoms with E-state index in [-0.39, 0.29) is 28.5 Å². The molecule has 1 saturated heterocycles. The predicted molar refractivity (Wildman–Crippen MR) is 147 cm³/mol. The average Bonchev–Trinajstić information content (AvgIpc) is 3.38. The van der Waals surface area contributed by atoms with E-state index in [0.29, 0.717) is 41.0 Å². The molecule has 0 N–H and O–H groups in total. The van der Waals surface area contributed by atoms with Gasteiger partial charge in [0.2, 0.25) is 0 Å². The van der Waals surface area contributed by atoms with Crippen molar-refractivity contribution in [3.63, 3.8) is 0 Å². The van der Waals surface area contributed by atoms with Crippen molar-refractivity contribution in [3.05, 3.63) is 89.3 Å². The van der Waals surface area contributed by atoms with Crippen LogP contribution in [0.2, 0.25) is 0 Å². The summed E-state index contributed by atoms with van der Waals surface area (Å²) >= 11 is 0. The van der Waals surface area contributed by atoms with E-state index in [0.717, 1.165) is 17.5 Å². The maximum atomic E-state index is 14.3. The monoisotopic (exact) mass is 560 g/mol. The number of nitrogens with zero attached hydrogens (tertiary/aromatic N) is 6. The maximum Gasteiger partial charge on any atom is 0.433 e. The van der Waals surface area contributed by atoms with Gasteiger partial charge in [0, 0.05) is 42.5 Å². The molecule has 41 heavy (non-hydrogen) atoms. The topological polar surface area (TPSA) is 86.8 Å². The number of halogens is 3. The lowest BCUT2D eigenvalue weighted by Crippen LogP contribution is -2.53. The first-order valence-corrected chi connectivity index (χ1v) is 12.9. The molecule has 2 aromatic heterocycles. The van der Waals surface area contributed by atoms with Crippen LogP contribution in [-0.2, 0) is 6.18 Å². The lowest BCUT2D eigenvalue weighted by molar-refractivity contribution is -0.143. The lowest BCUT2D eigenvalue weighted by atomic mass is 10.0. The molecule has 1 aliphatic rings. The average molecular weight is 561 g/mol. The Morgan fingerprint density at radius 3 is 2.54 bits per heavy atom. The highest BCUT2D eigenvalue weighted by Gasteiger charge is 2.39. The second-order valence-corrected chi connectivity index (χ2v) is 9.89. The van der Waals surface area contributed by atoms with Gasteiger partial charge in [-0.1, -0.05) is 18.7 Å². The van der Waals surface area contributed by atoms with Crippen molar-refractivity contribution in [2.45, 2.75) is 26.1 Å². The summed E-state index contributed by atoms with van der Waals surface area (Å²) in [5.41, 5.74) is 1.37. The third-order valence-electron chi connectivity index (χ3n) is 7.34. The highest BCUT2D eigenvalue weighted by molar-refractivity contribution is 6.00. The number of benzene rings is 2. The Labute approximate surface area is 234 Å². The molecule has 1 atom stereocenters. The van der Waals surface area contributed by atoms with Crippen LogP contribution >= 0.6 is 0 Å². The summed E-state index contributed by atoms with van der Waals surface area (Å²) in [7, 11) is 1.50. The third-order valence-corrected chi connectivity index (χ3v) is 7.34. The summed E-state index contributed by atoms with van der Waals surface area (Å²) in [6.45, 7) is 8.64. The first kappa shape index (κ1) is 27.7. The standard InChI is InChI=1S/C30H27F3N6O2/c1-18-17-37(20(3)23-7-5-6-21(14-23)15-34)12-13-38(18)29(40)25-16-35-39-27(30(31,32)33)19(2)26(36-28(25)39)22-8-10-24(41-4)11-9-22/h5-11,14,16,18H,3,12-13,17H2,1-2,4H3/t18-/m1/s1. The summed E-state index contributed by atoms with van der Waals surface area (Å²) in [5.74, 6) is 0.103. The molecule has 1 amide bonds. The Hall–Kier alpha value is -4.85. The van der Waals surface area contributed by atoms with Crippen molar-refractivity contribution in [1.29, 1.82) is 5.26 Å². The molecule has 8 nitrogen and oxygen atoms in total. The van der Waals surface area contributed by atoms with Crippen LogP contribution in [0.4, 0.5) is 13.2 Å². The van der Waals surface area contributed by atoms with E-state index in [9.17, 15) is 23.2 Å². The lowest BCUT2D eigenvalue weighted by Gasteiger charge is -2.41. The van der Waals surface area contributed by atoms with Gasteiger partial charge in [0.05, 0.1) is 30.6 Å². The van der Waals surface area contributed by atoms with Gasteiger partial charge < -0.3 is 14.5 Å². The Morgan fingerprint density at radius 1 is 1.17 bits per heavy atom. The van der Waals surface area contributed by atoms with Gasteiger partial charge in [0.1, 0.15) is 11.3 Å². The fourth-order valence-electron chi connectivity index (χ4n) is 5.20. The maximum absolute atomic E-state index is 14.3. The summed E-state index contributed by atoms with van der Waals surface area (Å²) in [6, 6.07) is 15.5. The zero-order valence-corrected chi connectivity index (χ0v) is 22.7. The number of aromatic nitrogens is 3. The minimum atomic E-state index is -4.74. The highest BCUT2D eigenvalue weighted by atomic mass is 19.4. The van der Waals surface area contributed by atoms with Crippen LogP contribution in [-0.4, -0.2) is 63.1 Å². The smallest absolute Gasteiger partial charge is 0.433 e. The van der Waals surface area contributed by atoms with E-state index in [4.69, 9.17) is 4.74 Å². The molecule has 0 unspecified atom stereocenters. The minimum Gasteiger partial charge on any atom is -0.497 e. The van der Waals surface area contributed by atoms with Gasteiger partial charge in [-0.2, -0.15) is 23.5 Å². The van der Waals surface area contributed by atoms with Crippen LogP contribution in [0, 0.1) is 18.3 Å².